The van der Waals surface area contributed by atoms with Crippen molar-refractivity contribution < 1.29 is 4.79 Å². The summed E-state index contributed by atoms with van der Waals surface area (Å²) >= 11 is 7.44. The number of hydrogen-bond acceptors (Lipinski definition) is 6. The van der Waals surface area contributed by atoms with E-state index < -0.39 is 0 Å². The van der Waals surface area contributed by atoms with Crippen LogP contribution in [-0.4, -0.2) is 30.4 Å². The Bertz CT molecular complexity index is 1060. The maximum Gasteiger partial charge on any atom is 0.276 e. The Labute approximate surface area is 157 Å². The van der Waals surface area contributed by atoms with Crippen LogP contribution < -0.4 is 5.32 Å². The number of nitrogens with one attached hydrogen (secondary N) is 1. The molecule has 0 aromatic carbocycles. The zero-order valence-corrected chi connectivity index (χ0v) is 14.8. The number of rotatable bonds is 4. The molecule has 4 heterocycles. The second kappa shape index (κ2) is 7.03. The molecule has 0 unspecified atom stereocenters. The Morgan fingerprint density at radius 3 is 2.85 bits per heavy atom. The fourth-order valence-electron chi connectivity index (χ4n) is 2.34. The van der Waals surface area contributed by atoms with Crippen LogP contribution in [0.4, 0.5) is 5.13 Å². The van der Waals surface area contributed by atoms with Gasteiger partial charge in [-0.1, -0.05) is 11.6 Å². The number of pyridine rings is 2. The first-order valence-corrected chi connectivity index (χ1v) is 8.78. The van der Waals surface area contributed by atoms with Gasteiger partial charge in [-0.25, -0.2) is 9.97 Å². The number of halogens is 1. The Hall–Kier alpha value is -3.10. The number of amides is 1. The number of carbonyl (C=O) groups excluding carboxylic acids is 1. The van der Waals surface area contributed by atoms with Gasteiger partial charge in [0.15, 0.2) is 5.13 Å². The van der Waals surface area contributed by atoms with Gasteiger partial charge >= 0.3 is 0 Å². The Balaban J connectivity index is 1.57. The van der Waals surface area contributed by atoms with Crippen LogP contribution in [0.3, 0.4) is 0 Å². The van der Waals surface area contributed by atoms with Gasteiger partial charge in [-0.2, -0.15) is 0 Å². The lowest BCUT2D eigenvalue weighted by Crippen LogP contribution is -2.16. The minimum atomic E-state index is -0.320. The van der Waals surface area contributed by atoms with Crippen molar-refractivity contribution in [3.05, 3.63) is 71.5 Å². The van der Waals surface area contributed by atoms with Crippen molar-refractivity contribution in [2.75, 3.05) is 5.32 Å². The molecule has 0 saturated heterocycles. The first-order valence-electron chi connectivity index (χ1n) is 7.53. The topological polar surface area (TPSA) is 85.6 Å². The van der Waals surface area contributed by atoms with E-state index in [9.17, 15) is 4.79 Å². The Morgan fingerprint density at radius 2 is 2.04 bits per heavy atom. The molecular formula is C17H11ClN6OS. The molecule has 0 aliphatic carbocycles. The number of hydrogen-bond donors (Lipinski definition) is 1. The molecule has 1 N–H and O–H groups in total. The van der Waals surface area contributed by atoms with Crippen molar-refractivity contribution in [1.29, 1.82) is 0 Å². The van der Waals surface area contributed by atoms with Crippen LogP contribution in [0.25, 0.3) is 17.1 Å². The molecule has 0 fully saturated rings. The second-order valence-electron chi connectivity index (χ2n) is 5.19. The van der Waals surface area contributed by atoms with E-state index in [-0.39, 0.29) is 5.91 Å². The first-order chi connectivity index (χ1) is 12.7. The van der Waals surface area contributed by atoms with Gasteiger partial charge in [0.05, 0.1) is 29.4 Å². The van der Waals surface area contributed by atoms with E-state index in [0.29, 0.717) is 27.2 Å². The van der Waals surface area contributed by atoms with Gasteiger partial charge in [-0.05, 0) is 24.3 Å². The van der Waals surface area contributed by atoms with Crippen LogP contribution in [0, 0.1) is 0 Å². The molecule has 0 aliphatic rings. The largest absolute Gasteiger partial charge is 0.296 e. The van der Waals surface area contributed by atoms with E-state index in [2.05, 4.69) is 25.3 Å². The molecule has 26 heavy (non-hydrogen) atoms. The third-order valence-electron chi connectivity index (χ3n) is 3.52. The lowest BCUT2D eigenvalue weighted by Gasteiger charge is -2.06. The minimum Gasteiger partial charge on any atom is -0.296 e. The third-order valence-corrected chi connectivity index (χ3v) is 4.58. The highest BCUT2D eigenvalue weighted by Crippen LogP contribution is 2.28. The lowest BCUT2D eigenvalue weighted by molar-refractivity contribution is 0.102. The molecule has 7 nitrogen and oxygen atoms in total. The highest BCUT2D eigenvalue weighted by Gasteiger charge is 2.16. The smallest absolute Gasteiger partial charge is 0.276 e. The minimum absolute atomic E-state index is 0.320. The monoisotopic (exact) mass is 382 g/mol. The maximum absolute atomic E-state index is 12.6. The average Bonchev–Trinajstić information content (AvgIpc) is 3.32. The molecule has 0 radical (unpaired) electrons. The Morgan fingerprint density at radius 1 is 1.15 bits per heavy atom. The summed E-state index contributed by atoms with van der Waals surface area (Å²) < 4.78 is 1.66. The fourth-order valence-corrected chi connectivity index (χ4v) is 3.25. The van der Waals surface area contributed by atoms with Crippen molar-refractivity contribution in [2.45, 2.75) is 0 Å². The van der Waals surface area contributed by atoms with E-state index >= 15 is 0 Å². The number of imidazole rings is 1. The molecule has 4 aromatic heterocycles. The van der Waals surface area contributed by atoms with Gasteiger partial charge in [0, 0.05) is 17.8 Å². The highest BCUT2D eigenvalue weighted by atomic mass is 35.5. The summed E-state index contributed by atoms with van der Waals surface area (Å²) in [7, 11) is 0. The molecule has 0 saturated carbocycles. The van der Waals surface area contributed by atoms with E-state index in [1.165, 1.54) is 17.5 Å². The molecule has 0 spiro atoms. The fraction of sp³-hybridized carbons (Fsp3) is 0. The van der Waals surface area contributed by atoms with E-state index in [1.807, 2.05) is 6.07 Å². The zero-order valence-electron chi connectivity index (χ0n) is 13.2. The molecular weight excluding hydrogens is 372 g/mol. The molecule has 4 aromatic rings. The zero-order chi connectivity index (χ0) is 17.9. The van der Waals surface area contributed by atoms with Crippen molar-refractivity contribution in [1.82, 2.24) is 24.5 Å². The SMILES string of the molecule is O=C(Nc1nc(-c2ncccc2Cl)cs1)c1cncn1-c1cccnc1. The molecule has 0 bridgehead atoms. The van der Waals surface area contributed by atoms with E-state index in [4.69, 9.17) is 11.6 Å². The second-order valence-corrected chi connectivity index (χ2v) is 6.45. The molecule has 4 rings (SSSR count). The summed E-state index contributed by atoms with van der Waals surface area (Å²) in [6.07, 6.45) is 8.02. The van der Waals surface area contributed by atoms with Gasteiger partial charge in [-0.3, -0.25) is 24.6 Å². The van der Waals surface area contributed by atoms with Crippen LogP contribution in [0.15, 0.2) is 60.8 Å². The van der Waals surface area contributed by atoms with Gasteiger partial charge in [-0.15, -0.1) is 11.3 Å². The normalized spacial score (nSPS) is 10.7. The van der Waals surface area contributed by atoms with E-state index in [0.717, 1.165) is 5.69 Å². The Kier molecular flexibility index (Phi) is 4.42. The van der Waals surface area contributed by atoms with E-state index in [1.54, 1.807) is 53.1 Å². The summed E-state index contributed by atoms with van der Waals surface area (Å²) in [6, 6.07) is 7.13. The number of nitrogens with zero attached hydrogens (tertiary/aromatic N) is 5. The van der Waals surface area contributed by atoms with Crippen LogP contribution >= 0.6 is 22.9 Å². The summed E-state index contributed by atoms with van der Waals surface area (Å²) in [5.41, 5.74) is 2.31. The van der Waals surface area contributed by atoms with Crippen LogP contribution in [0.2, 0.25) is 5.02 Å². The number of aromatic nitrogens is 5. The van der Waals surface area contributed by atoms with Crippen molar-refractivity contribution >= 4 is 34.0 Å². The molecule has 0 aliphatic heterocycles. The highest BCUT2D eigenvalue weighted by molar-refractivity contribution is 7.14. The average molecular weight is 383 g/mol. The number of anilines is 1. The lowest BCUT2D eigenvalue weighted by atomic mass is 10.3. The quantitative estimate of drug-likeness (QED) is 0.581. The number of carbonyl (C=O) groups is 1. The standard InChI is InChI=1S/C17H11ClN6OS/c18-12-4-2-6-21-15(12)13-9-26-17(22-13)23-16(25)14-8-20-10-24(14)11-3-1-5-19-7-11/h1-10H,(H,22,23,25). The predicted molar refractivity (Wildman–Crippen MR) is 99.7 cm³/mol. The predicted octanol–water partition coefficient (Wildman–Crippen LogP) is 3.69. The third kappa shape index (κ3) is 3.19. The maximum atomic E-state index is 12.6. The van der Waals surface area contributed by atoms with Gasteiger partial charge < -0.3 is 0 Å². The van der Waals surface area contributed by atoms with Gasteiger partial charge in [0.2, 0.25) is 0 Å². The van der Waals surface area contributed by atoms with Crippen LogP contribution in [-0.2, 0) is 0 Å². The molecule has 1 amide bonds. The van der Waals surface area contributed by atoms with Crippen LogP contribution in [0.1, 0.15) is 10.5 Å². The van der Waals surface area contributed by atoms with Crippen LogP contribution in [0.5, 0.6) is 0 Å². The summed E-state index contributed by atoms with van der Waals surface area (Å²) in [5, 5.41) is 5.53. The van der Waals surface area contributed by atoms with Crippen molar-refractivity contribution in [2.24, 2.45) is 0 Å². The summed E-state index contributed by atoms with van der Waals surface area (Å²) in [4.78, 5) is 29.3. The van der Waals surface area contributed by atoms with Crippen molar-refractivity contribution in [3.63, 3.8) is 0 Å². The summed E-state index contributed by atoms with van der Waals surface area (Å²) in [5.74, 6) is -0.320. The molecule has 9 heteroatoms. The van der Waals surface area contributed by atoms with Gasteiger partial charge in [0.25, 0.3) is 5.91 Å². The van der Waals surface area contributed by atoms with Crippen molar-refractivity contribution in [3.8, 4) is 17.1 Å². The first kappa shape index (κ1) is 16.4. The molecule has 128 valence electrons. The summed E-state index contributed by atoms with van der Waals surface area (Å²) in [6.45, 7) is 0. The molecule has 0 atom stereocenters. The number of thiazole rings is 1. The van der Waals surface area contributed by atoms with Gasteiger partial charge in [0.1, 0.15) is 17.1 Å².